The maximum absolute atomic E-state index is 5.36. The van der Waals surface area contributed by atoms with Crippen molar-refractivity contribution in [3.05, 3.63) is 29.8 Å². The summed E-state index contributed by atoms with van der Waals surface area (Å²) in [5, 5.41) is 4.01. The van der Waals surface area contributed by atoms with Crippen molar-refractivity contribution in [3.63, 3.8) is 0 Å². The Balaban J connectivity index is 2.47. The lowest BCUT2D eigenvalue weighted by molar-refractivity contribution is 0.189. The summed E-state index contributed by atoms with van der Waals surface area (Å²) in [6, 6.07) is 8.34. The summed E-state index contributed by atoms with van der Waals surface area (Å²) in [5.74, 6) is 0. The molecule has 0 heterocycles. The first-order valence-electron chi connectivity index (χ1n) is 6.27. The monoisotopic (exact) mass is 266 g/mol. The van der Waals surface area contributed by atoms with Crippen molar-refractivity contribution in [2.24, 2.45) is 0 Å². The molecule has 1 aromatic carbocycles. The summed E-state index contributed by atoms with van der Waals surface area (Å²) < 4.78 is 5.03. The molecule has 0 spiro atoms. The normalized spacial score (nSPS) is 10.2. The predicted octanol–water partition coefficient (Wildman–Crippen LogP) is 2.91. The zero-order valence-corrected chi connectivity index (χ0v) is 12.2. The highest BCUT2D eigenvalue weighted by molar-refractivity contribution is 7.80. The van der Waals surface area contributed by atoms with Crippen molar-refractivity contribution in [3.8, 4) is 0 Å². The Labute approximate surface area is 115 Å². The molecule has 4 heteroatoms. The predicted molar refractivity (Wildman–Crippen MR) is 81.2 cm³/mol. The second kappa shape index (κ2) is 8.06. The Morgan fingerprint density at radius 3 is 2.89 bits per heavy atom. The van der Waals surface area contributed by atoms with Gasteiger partial charge in [0, 0.05) is 33.0 Å². The van der Waals surface area contributed by atoms with Crippen LogP contribution in [0, 0.1) is 0 Å². The molecule has 0 amide bonds. The zero-order valence-electron chi connectivity index (χ0n) is 11.4. The van der Waals surface area contributed by atoms with Gasteiger partial charge in [-0.25, -0.2) is 0 Å². The smallest absolute Gasteiger partial charge is 0.173 e. The quantitative estimate of drug-likeness (QED) is 0.632. The van der Waals surface area contributed by atoms with Gasteiger partial charge in [-0.15, -0.1) is 0 Å². The van der Waals surface area contributed by atoms with E-state index in [-0.39, 0.29) is 0 Å². The lowest BCUT2D eigenvalue weighted by atomic mass is 10.1. The molecule has 0 bridgehead atoms. The van der Waals surface area contributed by atoms with Crippen LogP contribution in [-0.2, 0) is 11.2 Å². The van der Waals surface area contributed by atoms with Crippen LogP contribution in [0.5, 0.6) is 0 Å². The molecule has 0 aliphatic carbocycles. The summed E-state index contributed by atoms with van der Waals surface area (Å²) in [6.45, 7) is 3.81. The van der Waals surface area contributed by atoms with Gasteiger partial charge in [0.05, 0.1) is 0 Å². The maximum Gasteiger partial charge on any atom is 0.173 e. The van der Waals surface area contributed by atoms with Crippen molar-refractivity contribution < 1.29 is 4.74 Å². The van der Waals surface area contributed by atoms with E-state index >= 15 is 0 Å². The molecule has 1 rings (SSSR count). The molecule has 0 radical (unpaired) electrons. The molecule has 1 N–H and O–H groups in total. The third-order valence-corrected chi connectivity index (χ3v) is 3.19. The van der Waals surface area contributed by atoms with E-state index in [9.17, 15) is 0 Å². The molecular formula is C14H22N2OS. The number of nitrogens with zero attached hydrogens (tertiary/aromatic N) is 1. The van der Waals surface area contributed by atoms with Crippen LogP contribution < -0.4 is 5.32 Å². The van der Waals surface area contributed by atoms with E-state index in [0.29, 0.717) is 0 Å². The number of benzene rings is 1. The second-order valence-electron chi connectivity index (χ2n) is 4.25. The number of methoxy groups -OCH3 is 1. The number of rotatable bonds is 6. The van der Waals surface area contributed by atoms with E-state index < -0.39 is 0 Å². The SMILES string of the molecule is CCc1cccc(NC(=S)N(C)CCCOC)c1. The number of nitrogens with one attached hydrogen (secondary N) is 1. The second-order valence-corrected chi connectivity index (χ2v) is 4.64. The van der Waals surface area contributed by atoms with Crippen LogP contribution in [0.3, 0.4) is 0 Å². The van der Waals surface area contributed by atoms with Crippen molar-refractivity contribution in [2.45, 2.75) is 19.8 Å². The zero-order chi connectivity index (χ0) is 13.4. The van der Waals surface area contributed by atoms with Crippen LogP contribution in [0.15, 0.2) is 24.3 Å². The van der Waals surface area contributed by atoms with Gasteiger partial charge in [0.25, 0.3) is 0 Å². The molecule has 0 atom stereocenters. The Kier molecular flexibility index (Phi) is 6.68. The Morgan fingerprint density at radius 2 is 2.22 bits per heavy atom. The Bertz CT molecular complexity index is 382. The van der Waals surface area contributed by atoms with E-state index in [2.05, 4.69) is 30.4 Å². The molecular weight excluding hydrogens is 244 g/mol. The average Bonchev–Trinajstić information content (AvgIpc) is 2.39. The van der Waals surface area contributed by atoms with Crippen LogP contribution in [-0.4, -0.2) is 37.3 Å². The van der Waals surface area contributed by atoms with Gasteiger partial charge in [0.1, 0.15) is 0 Å². The summed E-state index contributed by atoms with van der Waals surface area (Å²) in [7, 11) is 3.71. The van der Waals surface area contributed by atoms with Crippen molar-refractivity contribution in [1.82, 2.24) is 4.90 Å². The third-order valence-electron chi connectivity index (χ3n) is 2.78. The van der Waals surface area contributed by atoms with Gasteiger partial charge < -0.3 is 15.0 Å². The average molecular weight is 266 g/mol. The summed E-state index contributed by atoms with van der Waals surface area (Å²) in [6.07, 6.45) is 2.01. The third kappa shape index (κ3) is 5.02. The molecule has 0 unspecified atom stereocenters. The minimum absolute atomic E-state index is 0.749. The molecule has 0 aromatic heterocycles. The first-order chi connectivity index (χ1) is 8.67. The summed E-state index contributed by atoms with van der Waals surface area (Å²) in [5.41, 5.74) is 2.36. The summed E-state index contributed by atoms with van der Waals surface area (Å²) in [4.78, 5) is 2.03. The fourth-order valence-electron chi connectivity index (χ4n) is 1.64. The van der Waals surface area contributed by atoms with E-state index in [1.807, 2.05) is 18.0 Å². The van der Waals surface area contributed by atoms with Crippen molar-refractivity contribution in [1.29, 1.82) is 0 Å². The van der Waals surface area contributed by atoms with E-state index in [0.717, 1.165) is 36.8 Å². The topological polar surface area (TPSA) is 24.5 Å². The molecule has 0 saturated carbocycles. The molecule has 0 aliphatic rings. The number of anilines is 1. The van der Waals surface area contributed by atoms with Crippen LogP contribution >= 0.6 is 12.2 Å². The number of hydrogen-bond donors (Lipinski definition) is 1. The first-order valence-corrected chi connectivity index (χ1v) is 6.68. The number of aryl methyl sites for hydroxylation is 1. The van der Waals surface area contributed by atoms with Gasteiger partial charge in [0.15, 0.2) is 5.11 Å². The molecule has 0 aliphatic heterocycles. The van der Waals surface area contributed by atoms with Gasteiger partial charge >= 0.3 is 0 Å². The standard InChI is InChI=1S/C14H22N2OS/c1-4-12-7-5-8-13(11-12)15-14(18)16(2)9-6-10-17-3/h5,7-8,11H,4,6,9-10H2,1-3H3,(H,15,18). The van der Waals surface area contributed by atoms with Crippen molar-refractivity contribution in [2.75, 3.05) is 32.6 Å². The van der Waals surface area contributed by atoms with E-state index in [1.165, 1.54) is 5.56 Å². The molecule has 0 fully saturated rings. The molecule has 1 aromatic rings. The van der Waals surface area contributed by atoms with E-state index in [4.69, 9.17) is 17.0 Å². The first kappa shape index (κ1) is 14.9. The lowest BCUT2D eigenvalue weighted by Crippen LogP contribution is -2.32. The van der Waals surface area contributed by atoms with Crippen LogP contribution in [0.25, 0.3) is 0 Å². The highest BCUT2D eigenvalue weighted by Crippen LogP contribution is 2.11. The number of thiocarbonyl (C=S) groups is 1. The minimum Gasteiger partial charge on any atom is -0.385 e. The molecule has 0 saturated heterocycles. The van der Waals surface area contributed by atoms with Gasteiger partial charge in [0.2, 0.25) is 0 Å². The van der Waals surface area contributed by atoms with Crippen LogP contribution in [0.2, 0.25) is 0 Å². The van der Waals surface area contributed by atoms with Gasteiger partial charge in [-0.05, 0) is 42.8 Å². The van der Waals surface area contributed by atoms with Gasteiger partial charge in [-0.1, -0.05) is 19.1 Å². The van der Waals surface area contributed by atoms with Gasteiger partial charge in [-0.2, -0.15) is 0 Å². The lowest BCUT2D eigenvalue weighted by Gasteiger charge is -2.21. The number of ether oxygens (including phenoxy) is 1. The Hall–Kier alpha value is -1.13. The van der Waals surface area contributed by atoms with E-state index in [1.54, 1.807) is 7.11 Å². The maximum atomic E-state index is 5.36. The van der Waals surface area contributed by atoms with Crippen molar-refractivity contribution >= 4 is 23.0 Å². The van der Waals surface area contributed by atoms with Crippen LogP contribution in [0.4, 0.5) is 5.69 Å². The molecule has 3 nitrogen and oxygen atoms in total. The molecule has 18 heavy (non-hydrogen) atoms. The highest BCUT2D eigenvalue weighted by Gasteiger charge is 2.04. The highest BCUT2D eigenvalue weighted by atomic mass is 32.1. The fourth-order valence-corrected chi connectivity index (χ4v) is 1.84. The number of hydrogen-bond acceptors (Lipinski definition) is 2. The molecule has 100 valence electrons. The largest absolute Gasteiger partial charge is 0.385 e. The Morgan fingerprint density at radius 1 is 1.44 bits per heavy atom. The van der Waals surface area contributed by atoms with Crippen LogP contribution in [0.1, 0.15) is 18.9 Å². The minimum atomic E-state index is 0.749. The fraction of sp³-hybridized carbons (Fsp3) is 0.500. The van der Waals surface area contributed by atoms with Gasteiger partial charge in [-0.3, -0.25) is 0 Å². The summed E-state index contributed by atoms with van der Waals surface area (Å²) >= 11 is 5.36.